The first-order valence-corrected chi connectivity index (χ1v) is 4.97. The predicted molar refractivity (Wildman–Crippen MR) is 58.4 cm³/mol. The van der Waals surface area contributed by atoms with Crippen LogP contribution in [0.15, 0.2) is 12.3 Å². The molecule has 0 aliphatic rings. The van der Waals surface area contributed by atoms with Crippen molar-refractivity contribution >= 4 is 24.8 Å². The van der Waals surface area contributed by atoms with Gasteiger partial charge < -0.3 is 4.57 Å². The molecule has 2 aromatic rings. The molecule has 0 N–H and O–H groups in total. The predicted octanol–water partition coefficient (Wildman–Crippen LogP) is 1.76. The van der Waals surface area contributed by atoms with Gasteiger partial charge in [-0.3, -0.25) is 4.79 Å². The van der Waals surface area contributed by atoms with Gasteiger partial charge in [0.1, 0.15) is 5.52 Å². The van der Waals surface area contributed by atoms with Crippen LogP contribution in [-0.4, -0.2) is 28.2 Å². The van der Waals surface area contributed by atoms with Crippen molar-refractivity contribution in [3.05, 3.63) is 23.7 Å². The van der Waals surface area contributed by atoms with Gasteiger partial charge in [0.25, 0.3) is 0 Å². The fourth-order valence-electron chi connectivity index (χ4n) is 1.57. The minimum atomic E-state index is -4.49. The quantitative estimate of drug-likeness (QED) is 0.605. The van der Waals surface area contributed by atoms with E-state index in [2.05, 4.69) is 9.97 Å². The number of hydrogen-bond acceptors (Lipinski definition) is 3. The molecule has 2 rings (SSSR count). The molecule has 2 aromatic heterocycles. The summed E-state index contributed by atoms with van der Waals surface area (Å²) in [5.41, 5.74) is -0.677. The first kappa shape index (κ1) is 12.6. The molecule has 0 unspecified atom stereocenters. The van der Waals surface area contributed by atoms with Crippen molar-refractivity contribution in [2.75, 3.05) is 0 Å². The van der Waals surface area contributed by atoms with E-state index < -0.39 is 17.5 Å². The van der Waals surface area contributed by atoms with Gasteiger partial charge in [0.05, 0.1) is 13.4 Å². The van der Waals surface area contributed by atoms with Crippen molar-refractivity contribution in [3.8, 4) is 0 Å². The van der Waals surface area contributed by atoms with Crippen LogP contribution in [0.1, 0.15) is 16.2 Å². The standard InChI is InChI=1S/C10H7BF3N3O/c1-17-8-6(16-9(17)7(18)3-11)2-5(4-15-8)10(12,13)14/h2,4H,3H2,1H3. The van der Waals surface area contributed by atoms with Gasteiger partial charge in [0, 0.05) is 13.2 Å². The van der Waals surface area contributed by atoms with E-state index >= 15 is 0 Å². The lowest BCUT2D eigenvalue weighted by molar-refractivity contribution is -0.137. The lowest BCUT2D eigenvalue weighted by Gasteiger charge is -2.05. The van der Waals surface area contributed by atoms with Gasteiger partial charge in [-0.2, -0.15) is 13.2 Å². The molecule has 18 heavy (non-hydrogen) atoms. The lowest BCUT2D eigenvalue weighted by Crippen LogP contribution is -2.07. The Morgan fingerprint density at radius 3 is 2.72 bits per heavy atom. The van der Waals surface area contributed by atoms with Crippen molar-refractivity contribution in [2.45, 2.75) is 12.5 Å². The number of carbonyl (C=O) groups is 1. The SMILES string of the molecule is [B]CC(=O)c1nc2cc(C(F)(F)F)cnc2n1C. The fourth-order valence-corrected chi connectivity index (χ4v) is 1.57. The number of alkyl halides is 3. The summed E-state index contributed by atoms with van der Waals surface area (Å²) in [6, 6.07) is 0.857. The third kappa shape index (κ3) is 1.98. The summed E-state index contributed by atoms with van der Waals surface area (Å²) in [6.07, 6.45) is -4.04. The number of halogens is 3. The third-order valence-corrected chi connectivity index (χ3v) is 2.47. The highest BCUT2D eigenvalue weighted by atomic mass is 19.4. The Hall–Kier alpha value is -1.86. The monoisotopic (exact) mass is 253 g/mol. The molecule has 0 saturated heterocycles. The smallest absolute Gasteiger partial charge is 0.309 e. The van der Waals surface area contributed by atoms with Crippen molar-refractivity contribution in [3.63, 3.8) is 0 Å². The molecule has 2 radical (unpaired) electrons. The summed E-state index contributed by atoms with van der Waals surface area (Å²) in [5, 5.41) is 0. The maximum Gasteiger partial charge on any atom is 0.417 e. The normalized spacial score (nSPS) is 12.0. The van der Waals surface area contributed by atoms with E-state index in [0.717, 1.165) is 6.07 Å². The molecule has 0 amide bonds. The highest BCUT2D eigenvalue weighted by molar-refractivity contribution is 6.23. The highest BCUT2D eigenvalue weighted by Crippen LogP contribution is 2.30. The average Bonchev–Trinajstić information content (AvgIpc) is 2.64. The van der Waals surface area contributed by atoms with E-state index in [-0.39, 0.29) is 23.3 Å². The molecule has 92 valence electrons. The van der Waals surface area contributed by atoms with Crippen LogP contribution in [0.3, 0.4) is 0 Å². The zero-order valence-electron chi connectivity index (χ0n) is 9.32. The number of hydrogen-bond donors (Lipinski definition) is 0. The number of rotatable bonds is 2. The van der Waals surface area contributed by atoms with Crippen LogP contribution in [0, 0.1) is 0 Å². The number of ketones is 1. The van der Waals surface area contributed by atoms with Crippen LogP contribution in [0.25, 0.3) is 11.2 Å². The van der Waals surface area contributed by atoms with Crippen LogP contribution in [0.4, 0.5) is 13.2 Å². The van der Waals surface area contributed by atoms with Gasteiger partial charge in [0.2, 0.25) is 0 Å². The Morgan fingerprint density at radius 1 is 1.50 bits per heavy atom. The maximum atomic E-state index is 12.5. The largest absolute Gasteiger partial charge is 0.417 e. The molecule has 4 nitrogen and oxygen atoms in total. The summed E-state index contributed by atoms with van der Waals surface area (Å²) in [7, 11) is 6.69. The molecule has 0 bridgehead atoms. The molecule has 0 aliphatic carbocycles. The van der Waals surface area contributed by atoms with Crippen LogP contribution in [-0.2, 0) is 13.2 Å². The number of aryl methyl sites for hydroxylation is 1. The van der Waals surface area contributed by atoms with Crippen LogP contribution in [0.2, 0.25) is 6.32 Å². The van der Waals surface area contributed by atoms with Crippen LogP contribution >= 0.6 is 0 Å². The van der Waals surface area contributed by atoms with Crippen molar-refractivity contribution in [1.82, 2.24) is 14.5 Å². The first-order chi connectivity index (χ1) is 8.34. The zero-order chi connectivity index (χ0) is 13.5. The van der Waals surface area contributed by atoms with E-state index in [9.17, 15) is 18.0 Å². The molecule has 2 heterocycles. The second kappa shape index (κ2) is 4.11. The van der Waals surface area contributed by atoms with Crippen LogP contribution < -0.4 is 0 Å². The Kier molecular flexibility index (Phi) is 2.88. The first-order valence-electron chi connectivity index (χ1n) is 4.97. The van der Waals surface area contributed by atoms with E-state index in [4.69, 9.17) is 7.85 Å². The maximum absolute atomic E-state index is 12.5. The molecule has 8 heteroatoms. The highest BCUT2D eigenvalue weighted by Gasteiger charge is 2.31. The topological polar surface area (TPSA) is 47.8 Å². The minimum Gasteiger partial charge on any atom is -0.309 e. The number of Topliss-reactive ketones (excluding diaryl/α,β-unsaturated/α-hetero) is 1. The summed E-state index contributed by atoms with van der Waals surface area (Å²) >= 11 is 0. The molecule has 0 fully saturated rings. The Labute approximate surface area is 101 Å². The Balaban J connectivity index is 2.62. The molecular weight excluding hydrogens is 246 g/mol. The number of imidazole rings is 1. The van der Waals surface area contributed by atoms with Crippen molar-refractivity contribution in [2.24, 2.45) is 7.05 Å². The summed E-state index contributed by atoms with van der Waals surface area (Å²) in [6.45, 7) is 0. The summed E-state index contributed by atoms with van der Waals surface area (Å²) in [4.78, 5) is 18.9. The second-order valence-electron chi connectivity index (χ2n) is 3.69. The molecule has 0 atom stereocenters. The van der Waals surface area contributed by atoms with Gasteiger partial charge in [-0.15, -0.1) is 0 Å². The molecule has 0 aromatic carbocycles. The number of carbonyl (C=O) groups excluding carboxylic acids is 1. The van der Waals surface area contributed by atoms with E-state index in [1.165, 1.54) is 11.6 Å². The lowest BCUT2D eigenvalue weighted by atomic mass is 10.0. The number of pyridine rings is 1. The Bertz CT molecular complexity index is 621. The van der Waals surface area contributed by atoms with E-state index in [0.29, 0.717) is 6.20 Å². The fraction of sp³-hybridized carbons (Fsp3) is 0.300. The van der Waals surface area contributed by atoms with Gasteiger partial charge in [-0.1, -0.05) is 0 Å². The third-order valence-electron chi connectivity index (χ3n) is 2.47. The van der Waals surface area contributed by atoms with Gasteiger partial charge in [0.15, 0.2) is 17.3 Å². The van der Waals surface area contributed by atoms with E-state index in [1.54, 1.807) is 0 Å². The van der Waals surface area contributed by atoms with Crippen molar-refractivity contribution < 1.29 is 18.0 Å². The number of nitrogens with zero attached hydrogens (tertiary/aromatic N) is 3. The summed E-state index contributed by atoms with van der Waals surface area (Å²) in [5.74, 6) is -0.455. The van der Waals surface area contributed by atoms with Gasteiger partial charge >= 0.3 is 6.18 Å². The van der Waals surface area contributed by atoms with E-state index in [1.807, 2.05) is 0 Å². The second-order valence-corrected chi connectivity index (χ2v) is 3.69. The average molecular weight is 253 g/mol. The Morgan fingerprint density at radius 2 is 2.17 bits per heavy atom. The minimum absolute atomic E-state index is 0.000625. The number of aromatic nitrogens is 3. The zero-order valence-corrected chi connectivity index (χ0v) is 9.32. The van der Waals surface area contributed by atoms with Gasteiger partial charge in [-0.25, -0.2) is 9.97 Å². The molecule has 0 aliphatic heterocycles. The summed E-state index contributed by atoms with van der Waals surface area (Å²) < 4.78 is 38.8. The molecule has 0 saturated carbocycles. The van der Waals surface area contributed by atoms with Crippen LogP contribution in [0.5, 0.6) is 0 Å². The molecule has 0 spiro atoms. The molecular formula is C10H7BF3N3O. The van der Waals surface area contributed by atoms with Gasteiger partial charge in [-0.05, 0) is 12.4 Å². The van der Waals surface area contributed by atoms with Crippen molar-refractivity contribution in [1.29, 1.82) is 0 Å². The number of fused-ring (bicyclic) bond motifs is 1.